The standard InChI is InChI=1S/C10H21BN2O3S/c1-17-10(14)9-8(3-2-4-11(15)16)7(5-12)6-13-9/h7-9,13-16H,1-6,12H2/t7?,8?,9-/m0/s1. The van der Waals surface area contributed by atoms with Gasteiger partial charge in [0.05, 0.1) is 6.04 Å². The molecule has 0 aromatic heterocycles. The third-order valence-electron chi connectivity index (χ3n) is 3.35. The van der Waals surface area contributed by atoms with Crippen LogP contribution in [0.4, 0.5) is 0 Å². The number of nitrogens with one attached hydrogen (secondary N) is 1. The van der Waals surface area contributed by atoms with E-state index in [2.05, 4.69) is 11.2 Å². The topological polar surface area (TPSA) is 98.7 Å². The Morgan fingerprint density at radius 1 is 1.53 bits per heavy atom. The molecule has 0 radical (unpaired) electrons. The van der Waals surface area contributed by atoms with Crippen molar-refractivity contribution < 1.29 is 15.2 Å². The summed E-state index contributed by atoms with van der Waals surface area (Å²) in [5.41, 5.74) is 5.71. The van der Waals surface area contributed by atoms with E-state index in [1.807, 2.05) is 0 Å². The summed E-state index contributed by atoms with van der Waals surface area (Å²) in [6.45, 7) is 1.36. The first-order valence-corrected chi connectivity index (χ1v) is 6.86. The molecule has 1 fully saturated rings. The van der Waals surface area contributed by atoms with E-state index in [-0.39, 0.29) is 17.0 Å². The molecular formula is C10H21BN2O3S. The Labute approximate surface area is 106 Å². The third kappa shape index (κ3) is 4.20. The lowest BCUT2D eigenvalue weighted by Crippen LogP contribution is -2.35. The van der Waals surface area contributed by atoms with Gasteiger partial charge in [0.2, 0.25) is 0 Å². The zero-order valence-corrected chi connectivity index (χ0v) is 10.7. The summed E-state index contributed by atoms with van der Waals surface area (Å²) in [4.78, 5) is 0. The van der Waals surface area contributed by atoms with Gasteiger partial charge in [0.15, 0.2) is 0 Å². The molecule has 0 aromatic rings. The molecule has 1 aliphatic heterocycles. The van der Waals surface area contributed by atoms with E-state index in [0.29, 0.717) is 25.2 Å². The zero-order chi connectivity index (χ0) is 12.8. The minimum Gasteiger partial charge on any atom is -0.427 e. The van der Waals surface area contributed by atoms with Gasteiger partial charge in [-0.2, -0.15) is 0 Å². The molecule has 5 nitrogen and oxygen atoms in total. The summed E-state index contributed by atoms with van der Waals surface area (Å²) in [7, 11) is -0.153. The van der Waals surface area contributed by atoms with Crippen LogP contribution in [0.5, 0.6) is 0 Å². The Kier molecular flexibility index (Phi) is 6.39. The number of aliphatic hydroxyl groups is 1. The molecule has 98 valence electrons. The normalized spacial score (nSPS) is 28.1. The highest BCUT2D eigenvalue weighted by Crippen LogP contribution is 2.28. The first kappa shape index (κ1) is 14.9. The van der Waals surface area contributed by atoms with Crippen LogP contribution in [0, 0.1) is 11.8 Å². The Morgan fingerprint density at radius 2 is 2.24 bits per heavy atom. The SMILES string of the molecule is C=S=C(O)[C@H]1NCC(CN)C1CCCB(O)O. The van der Waals surface area contributed by atoms with E-state index in [9.17, 15) is 5.11 Å². The summed E-state index contributed by atoms with van der Waals surface area (Å²) in [5, 5.41) is 30.9. The lowest BCUT2D eigenvalue weighted by molar-refractivity contribution is 0.350. The number of rotatable bonds is 6. The second kappa shape index (κ2) is 7.30. The number of nitrogens with two attached hydrogens (primary N) is 1. The minimum atomic E-state index is -1.25. The van der Waals surface area contributed by atoms with Crippen LogP contribution in [-0.2, 0) is 0 Å². The lowest BCUT2D eigenvalue weighted by atomic mass is 9.79. The molecule has 17 heavy (non-hydrogen) atoms. The molecule has 6 N–H and O–H groups in total. The highest BCUT2D eigenvalue weighted by molar-refractivity contribution is 7.95. The van der Waals surface area contributed by atoms with Crippen LogP contribution < -0.4 is 11.1 Å². The monoisotopic (exact) mass is 260 g/mol. The summed E-state index contributed by atoms with van der Waals surface area (Å²) in [5.74, 6) is 4.17. The van der Waals surface area contributed by atoms with Gasteiger partial charge in [0.25, 0.3) is 0 Å². The maximum Gasteiger partial charge on any atom is 0.451 e. The van der Waals surface area contributed by atoms with Crippen LogP contribution in [-0.4, -0.2) is 52.3 Å². The van der Waals surface area contributed by atoms with E-state index in [4.69, 9.17) is 15.8 Å². The van der Waals surface area contributed by atoms with Crippen LogP contribution in [0.1, 0.15) is 12.8 Å². The Morgan fingerprint density at radius 3 is 2.76 bits per heavy atom. The van der Waals surface area contributed by atoms with Crippen molar-refractivity contribution in [2.24, 2.45) is 17.6 Å². The van der Waals surface area contributed by atoms with E-state index in [1.54, 1.807) is 0 Å². The van der Waals surface area contributed by atoms with Gasteiger partial charge in [-0.3, -0.25) is 0 Å². The predicted molar refractivity (Wildman–Crippen MR) is 74.4 cm³/mol. The fourth-order valence-corrected chi connectivity index (χ4v) is 2.85. The van der Waals surface area contributed by atoms with Gasteiger partial charge >= 0.3 is 7.12 Å². The fraction of sp³-hybridized carbons (Fsp3) is 0.800. The molecule has 7 heteroatoms. The average molecular weight is 260 g/mol. The summed E-state index contributed by atoms with van der Waals surface area (Å²) in [6, 6.07) is -0.0816. The summed E-state index contributed by atoms with van der Waals surface area (Å²) in [6.07, 6.45) is 1.90. The fourth-order valence-electron chi connectivity index (χ4n) is 2.41. The van der Waals surface area contributed by atoms with Crippen molar-refractivity contribution in [3.8, 4) is 0 Å². The molecule has 1 saturated heterocycles. The van der Waals surface area contributed by atoms with E-state index < -0.39 is 7.12 Å². The quantitative estimate of drug-likeness (QED) is 0.320. The van der Waals surface area contributed by atoms with Crippen LogP contribution in [0.25, 0.3) is 0 Å². The van der Waals surface area contributed by atoms with Crippen molar-refractivity contribution in [3.63, 3.8) is 0 Å². The summed E-state index contributed by atoms with van der Waals surface area (Å²) >= 11 is 0. The van der Waals surface area contributed by atoms with Gasteiger partial charge in [-0.25, -0.2) is 0 Å². The highest BCUT2D eigenvalue weighted by Gasteiger charge is 2.36. The first-order valence-electron chi connectivity index (χ1n) is 5.87. The van der Waals surface area contributed by atoms with E-state index in [0.717, 1.165) is 23.9 Å². The van der Waals surface area contributed by atoms with Gasteiger partial charge < -0.3 is 26.2 Å². The Hall–Kier alpha value is -0.175. The van der Waals surface area contributed by atoms with Gasteiger partial charge in [-0.05, 0) is 37.0 Å². The maximum absolute atomic E-state index is 9.76. The molecule has 1 aliphatic rings. The van der Waals surface area contributed by atoms with Crippen molar-refractivity contribution >= 4 is 29.0 Å². The summed E-state index contributed by atoms with van der Waals surface area (Å²) < 4.78 is 0. The van der Waals surface area contributed by atoms with Crippen molar-refractivity contribution in [1.29, 1.82) is 0 Å². The number of aliphatic hydroxyl groups excluding tert-OH is 1. The van der Waals surface area contributed by atoms with Crippen molar-refractivity contribution in [2.45, 2.75) is 25.2 Å². The smallest absolute Gasteiger partial charge is 0.427 e. The Balaban J connectivity index is 2.57. The second-order valence-electron chi connectivity index (χ2n) is 4.44. The van der Waals surface area contributed by atoms with E-state index >= 15 is 0 Å². The molecule has 2 unspecified atom stereocenters. The molecule has 0 aliphatic carbocycles. The predicted octanol–water partition coefficient (Wildman–Crippen LogP) is -0.745. The van der Waals surface area contributed by atoms with Crippen LogP contribution in [0.15, 0.2) is 0 Å². The molecule has 1 heterocycles. The molecule has 0 saturated carbocycles. The van der Waals surface area contributed by atoms with Crippen molar-refractivity contribution in [1.82, 2.24) is 5.32 Å². The minimum absolute atomic E-state index is 0.0816. The molecule has 0 amide bonds. The Bertz CT molecular complexity index is 297. The first-order chi connectivity index (χ1) is 8.10. The second-order valence-corrected chi connectivity index (χ2v) is 5.15. The maximum atomic E-state index is 9.76. The molecular weight excluding hydrogens is 239 g/mol. The van der Waals surface area contributed by atoms with Gasteiger partial charge in [-0.1, -0.05) is 6.42 Å². The largest absolute Gasteiger partial charge is 0.451 e. The van der Waals surface area contributed by atoms with E-state index in [1.165, 1.54) is 0 Å². The van der Waals surface area contributed by atoms with Crippen molar-refractivity contribution in [2.75, 3.05) is 13.1 Å². The number of hydrogen-bond acceptors (Lipinski definition) is 4. The van der Waals surface area contributed by atoms with Crippen LogP contribution in [0.2, 0.25) is 6.32 Å². The number of hydrogen-bond donors (Lipinski definition) is 5. The van der Waals surface area contributed by atoms with Crippen LogP contribution >= 0.6 is 10.9 Å². The highest BCUT2D eigenvalue weighted by atomic mass is 32.1. The van der Waals surface area contributed by atoms with Crippen molar-refractivity contribution in [3.05, 3.63) is 0 Å². The lowest BCUT2D eigenvalue weighted by Gasteiger charge is -2.22. The third-order valence-corrected chi connectivity index (χ3v) is 3.90. The van der Waals surface area contributed by atoms with Crippen LogP contribution in [0.3, 0.4) is 0 Å². The van der Waals surface area contributed by atoms with Gasteiger partial charge in [-0.15, -0.1) is 10.9 Å². The molecule has 3 atom stereocenters. The molecule has 0 bridgehead atoms. The molecule has 0 aromatic carbocycles. The van der Waals surface area contributed by atoms with Gasteiger partial charge in [0, 0.05) is 6.54 Å². The molecule has 1 rings (SSSR count). The zero-order valence-electron chi connectivity index (χ0n) is 9.88. The van der Waals surface area contributed by atoms with Gasteiger partial charge in [0.1, 0.15) is 5.05 Å². The molecule has 0 spiro atoms. The average Bonchev–Trinajstić information content (AvgIpc) is 2.70.